The molecule has 1 aromatic rings. The van der Waals surface area contributed by atoms with Crippen molar-refractivity contribution in [3.63, 3.8) is 0 Å². The van der Waals surface area contributed by atoms with Crippen LogP contribution in [0.2, 0.25) is 5.02 Å². The maximum Gasteiger partial charge on any atom is 0.404 e. The Balaban J connectivity index is 1.86. The molecular weight excluding hydrogens is 368 g/mol. The number of rotatable bonds is 10. The number of carbonyl (C=O) groups is 1. The summed E-state index contributed by atoms with van der Waals surface area (Å²) in [5.41, 5.74) is 7.07. The Kier molecular flexibility index (Phi) is 8.88. The fraction of sp³-hybridized carbons (Fsp3) is 0.600. The molecule has 2 N–H and O–H groups in total. The molecule has 0 saturated heterocycles. The van der Waals surface area contributed by atoms with Gasteiger partial charge < -0.3 is 10.5 Å². The van der Waals surface area contributed by atoms with Gasteiger partial charge in [0.15, 0.2) is 0 Å². The zero-order chi connectivity index (χ0) is 19.6. The average Bonchev–Trinajstić information content (AvgIpc) is 3.17. The SMILES string of the molecule is CC/C(=N\OOCc1ccc(Cl)cc1)[C@@H](C)C[C@@H](OC(N)=O)C1CCCC1. The number of benzene rings is 1. The van der Waals surface area contributed by atoms with Gasteiger partial charge in [0, 0.05) is 10.9 Å². The fourth-order valence-electron chi connectivity index (χ4n) is 3.55. The van der Waals surface area contributed by atoms with Crippen LogP contribution in [0.15, 0.2) is 29.4 Å². The van der Waals surface area contributed by atoms with Crippen LogP contribution in [-0.4, -0.2) is 17.9 Å². The monoisotopic (exact) mass is 396 g/mol. The van der Waals surface area contributed by atoms with E-state index in [-0.39, 0.29) is 18.6 Å². The molecule has 2 rings (SSSR count). The van der Waals surface area contributed by atoms with E-state index in [4.69, 9.17) is 31.9 Å². The number of nitrogens with zero attached hydrogens (tertiary/aromatic N) is 1. The molecule has 6 nitrogen and oxygen atoms in total. The van der Waals surface area contributed by atoms with Gasteiger partial charge in [0.05, 0.1) is 5.71 Å². The first-order valence-electron chi connectivity index (χ1n) is 9.55. The Hall–Kier alpha value is -1.79. The van der Waals surface area contributed by atoms with Gasteiger partial charge in [0.2, 0.25) is 0 Å². The molecule has 0 aromatic heterocycles. The molecule has 0 radical (unpaired) electrons. The second kappa shape index (κ2) is 11.1. The molecule has 0 spiro atoms. The quantitative estimate of drug-likeness (QED) is 0.254. The van der Waals surface area contributed by atoms with E-state index in [0.717, 1.165) is 30.5 Å². The van der Waals surface area contributed by atoms with Gasteiger partial charge in [-0.05, 0) is 49.3 Å². The van der Waals surface area contributed by atoms with E-state index in [0.29, 0.717) is 17.4 Å². The summed E-state index contributed by atoms with van der Waals surface area (Å²) in [5.74, 6) is 0.471. The van der Waals surface area contributed by atoms with E-state index < -0.39 is 6.09 Å². The standard InChI is InChI=1S/C20H29ClN2O4/c1-3-18(23-27-25-13-15-8-10-17(21)11-9-15)14(2)12-19(26-20(22)24)16-6-4-5-7-16/h8-11,14,16,19H,3-7,12-13H2,1-2H3,(H2,22,24)/b23-18+/t14-,19+/m0/s1. The minimum absolute atomic E-state index is 0.0964. The third-order valence-electron chi connectivity index (χ3n) is 5.06. The second-order valence-electron chi connectivity index (χ2n) is 7.06. The highest BCUT2D eigenvalue weighted by molar-refractivity contribution is 6.30. The van der Waals surface area contributed by atoms with E-state index in [1.807, 2.05) is 19.1 Å². The molecule has 1 amide bonds. The van der Waals surface area contributed by atoms with Crippen molar-refractivity contribution in [2.75, 3.05) is 0 Å². The van der Waals surface area contributed by atoms with E-state index >= 15 is 0 Å². The third-order valence-corrected chi connectivity index (χ3v) is 5.31. The molecule has 1 aliphatic carbocycles. The summed E-state index contributed by atoms with van der Waals surface area (Å²) >= 11 is 5.86. The summed E-state index contributed by atoms with van der Waals surface area (Å²) < 4.78 is 5.39. The number of amides is 1. The molecule has 27 heavy (non-hydrogen) atoms. The Labute approximate surface area is 165 Å². The van der Waals surface area contributed by atoms with Crippen molar-refractivity contribution in [2.24, 2.45) is 22.7 Å². The van der Waals surface area contributed by atoms with Gasteiger partial charge in [0.25, 0.3) is 0 Å². The van der Waals surface area contributed by atoms with Crippen LogP contribution in [0.4, 0.5) is 4.79 Å². The van der Waals surface area contributed by atoms with Crippen LogP contribution in [0, 0.1) is 11.8 Å². The van der Waals surface area contributed by atoms with Gasteiger partial charge in [-0.15, -0.1) is 0 Å². The Morgan fingerprint density at radius 2 is 1.96 bits per heavy atom. The summed E-state index contributed by atoms with van der Waals surface area (Å²) in [6.07, 6.45) is 5.01. The molecule has 7 heteroatoms. The van der Waals surface area contributed by atoms with Crippen molar-refractivity contribution < 1.29 is 19.4 Å². The summed E-state index contributed by atoms with van der Waals surface area (Å²) in [6.45, 7) is 4.34. The van der Waals surface area contributed by atoms with Gasteiger partial charge in [0.1, 0.15) is 12.7 Å². The molecule has 0 heterocycles. The molecule has 1 aromatic carbocycles. The van der Waals surface area contributed by atoms with Crippen molar-refractivity contribution >= 4 is 23.4 Å². The van der Waals surface area contributed by atoms with E-state index in [1.54, 1.807) is 12.1 Å². The number of primary amides is 1. The van der Waals surface area contributed by atoms with Gasteiger partial charge in [-0.3, -0.25) is 0 Å². The first kappa shape index (κ1) is 21.5. The maximum absolute atomic E-state index is 11.3. The summed E-state index contributed by atoms with van der Waals surface area (Å²) in [7, 11) is 0. The molecule has 1 saturated carbocycles. The lowest BCUT2D eigenvalue weighted by molar-refractivity contribution is -0.305. The van der Waals surface area contributed by atoms with Crippen LogP contribution in [-0.2, 0) is 21.2 Å². The van der Waals surface area contributed by atoms with Crippen molar-refractivity contribution in [1.82, 2.24) is 0 Å². The lowest BCUT2D eigenvalue weighted by Gasteiger charge is -2.25. The topological polar surface area (TPSA) is 83.1 Å². The van der Waals surface area contributed by atoms with E-state index in [2.05, 4.69) is 12.1 Å². The Morgan fingerprint density at radius 3 is 2.56 bits per heavy atom. The third kappa shape index (κ3) is 7.39. The number of nitrogens with two attached hydrogens (primary N) is 1. The van der Waals surface area contributed by atoms with E-state index in [1.165, 1.54) is 12.8 Å². The van der Waals surface area contributed by atoms with Crippen LogP contribution < -0.4 is 5.73 Å². The summed E-state index contributed by atoms with van der Waals surface area (Å²) in [4.78, 5) is 21.5. The number of ether oxygens (including phenoxy) is 1. The van der Waals surface area contributed by atoms with Gasteiger partial charge in [-0.1, -0.05) is 55.6 Å². The van der Waals surface area contributed by atoms with Crippen LogP contribution in [0.1, 0.15) is 57.9 Å². The van der Waals surface area contributed by atoms with Crippen molar-refractivity contribution in [2.45, 2.75) is 65.1 Å². The fourth-order valence-corrected chi connectivity index (χ4v) is 3.68. The molecule has 0 bridgehead atoms. The lowest BCUT2D eigenvalue weighted by Crippen LogP contribution is -2.31. The molecule has 0 unspecified atom stereocenters. The zero-order valence-electron chi connectivity index (χ0n) is 16.0. The number of halogens is 1. The molecule has 2 atom stereocenters. The largest absolute Gasteiger partial charge is 0.446 e. The Morgan fingerprint density at radius 1 is 1.30 bits per heavy atom. The molecular formula is C20H29ClN2O4. The summed E-state index contributed by atoms with van der Waals surface area (Å²) in [5, 5.41) is 4.81. The van der Waals surface area contributed by atoms with Crippen LogP contribution in [0.25, 0.3) is 0 Å². The van der Waals surface area contributed by atoms with Crippen LogP contribution in [0.5, 0.6) is 0 Å². The minimum atomic E-state index is -0.711. The lowest BCUT2D eigenvalue weighted by atomic mass is 9.89. The smallest absolute Gasteiger partial charge is 0.404 e. The molecule has 0 aliphatic heterocycles. The summed E-state index contributed by atoms with van der Waals surface area (Å²) in [6, 6.07) is 7.33. The van der Waals surface area contributed by atoms with Crippen molar-refractivity contribution in [1.29, 1.82) is 0 Å². The van der Waals surface area contributed by atoms with E-state index in [9.17, 15) is 4.79 Å². The first-order valence-corrected chi connectivity index (χ1v) is 9.93. The predicted molar refractivity (Wildman–Crippen MR) is 105 cm³/mol. The highest BCUT2D eigenvalue weighted by Crippen LogP contribution is 2.32. The van der Waals surface area contributed by atoms with Crippen LogP contribution in [0.3, 0.4) is 0 Å². The van der Waals surface area contributed by atoms with Gasteiger partial charge >= 0.3 is 6.09 Å². The molecule has 1 fully saturated rings. The molecule has 150 valence electrons. The normalized spacial score (nSPS) is 17.5. The average molecular weight is 397 g/mol. The highest BCUT2D eigenvalue weighted by atomic mass is 35.5. The van der Waals surface area contributed by atoms with Crippen molar-refractivity contribution in [3.8, 4) is 0 Å². The number of hydrogen-bond acceptors (Lipinski definition) is 5. The maximum atomic E-state index is 11.3. The first-order chi connectivity index (χ1) is 13.0. The molecule has 1 aliphatic rings. The Bertz CT molecular complexity index is 615. The minimum Gasteiger partial charge on any atom is -0.446 e. The number of hydrogen-bond donors (Lipinski definition) is 1. The second-order valence-corrected chi connectivity index (χ2v) is 7.49. The number of oxime groups is 1. The highest BCUT2D eigenvalue weighted by Gasteiger charge is 2.30. The van der Waals surface area contributed by atoms with Crippen molar-refractivity contribution in [3.05, 3.63) is 34.9 Å². The van der Waals surface area contributed by atoms with Gasteiger partial charge in [-0.25, -0.2) is 9.78 Å². The predicted octanol–water partition coefficient (Wildman–Crippen LogP) is 5.23. The van der Waals surface area contributed by atoms with Gasteiger partial charge in [-0.2, -0.15) is 4.89 Å². The zero-order valence-corrected chi connectivity index (χ0v) is 16.8. The number of carbonyl (C=O) groups excluding carboxylic acids is 1. The van der Waals surface area contributed by atoms with Crippen LogP contribution >= 0.6 is 11.6 Å².